The zero-order chi connectivity index (χ0) is 15.1. The number of hydrogen-bond donors (Lipinski definition) is 1. The molecular weight excluding hydrogens is 258 g/mol. The lowest BCUT2D eigenvalue weighted by Crippen LogP contribution is -2.21. The summed E-state index contributed by atoms with van der Waals surface area (Å²) in [6, 6.07) is 15.0. The van der Waals surface area contributed by atoms with Gasteiger partial charge in [0.2, 0.25) is 0 Å². The summed E-state index contributed by atoms with van der Waals surface area (Å²) in [5.74, 6) is 1.01. The van der Waals surface area contributed by atoms with Crippen LogP contribution in [0.15, 0.2) is 48.7 Å². The lowest BCUT2D eigenvalue weighted by Gasteiger charge is -2.23. The molecule has 0 saturated heterocycles. The van der Waals surface area contributed by atoms with Crippen molar-refractivity contribution in [2.75, 3.05) is 18.0 Å². The van der Waals surface area contributed by atoms with Gasteiger partial charge in [-0.15, -0.1) is 0 Å². The standard InChI is InChI=1S/C18H25N3/c1-4-12-19-15(3)16-11-13-20-18(14-16)21(5-2)17-9-7-6-8-10-17/h6-11,13-15,19H,4-5,12H2,1-3H3. The summed E-state index contributed by atoms with van der Waals surface area (Å²) in [6.45, 7) is 8.48. The van der Waals surface area contributed by atoms with E-state index in [0.29, 0.717) is 6.04 Å². The second kappa shape index (κ2) is 7.79. The van der Waals surface area contributed by atoms with Crippen LogP contribution >= 0.6 is 0 Å². The number of nitrogens with zero attached hydrogens (tertiary/aromatic N) is 2. The van der Waals surface area contributed by atoms with E-state index in [1.54, 1.807) is 0 Å². The molecule has 1 heterocycles. The van der Waals surface area contributed by atoms with Crippen LogP contribution < -0.4 is 10.2 Å². The van der Waals surface area contributed by atoms with Crippen LogP contribution in [0.1, 0.15) is 38.8 Å². The molecule has 1 unspecified atom stereocenters. The summed E-state index contributed by atoms with van der Waals surface area (Å²) in [5, 5.41) is 3.53. The van der Waals surface area contributed by atoms with Gasteiger partial charge in [0, 0.05) is 24.5 Å². The summed E-state index contributed by atoms with van der Waals surface area (Å²) in [4.78, 5) is 6.78. The van der Waals surface area contributed by atoms with Gasteiger partial charge in [-0.2, -0.15) is 0 Å². The predicted molar refractivity (Wildman–Crippen MR) is 90.1 cm³/mol. The Bertz CT molecular complexity index is 539. The number of pyridine rings is 1. The summed E-state index contributed by atoms with van der Waals surface area (Å²) >= 11 is 0. The van der Waals surface area contributed by atoms with E-state index in [4.69, 9.17) is 0 Å². The zero-order valence-corrected chi connectivity index (χ0v) is 13.2. The molecule has 0 aliphatic carbocycles. The molecule has 112 valence electrons. The van der Waals surface area contributed by atoms with Crippen LogP contribution in [0.3, 0.4) is 0 Å². The van der Waals surface area contributed by atoms with E-state index < -0.39 is 0 Å². The molecule has 1 N–H and O–H groups in total. The molecule has 0 aliphatic rings. The number of para-hydroxylation sites is 1. The van der Waals surface area contributed by atoms with E-state index in [1.165, 1.54) is 11.3 Å². The van der Waals surface area contributed by atoms with Crippen molar-refractivity contribution in [3.63, 3.8) is 0 Å². The third-order valence-electron chi connectivity index (χ3n) is 3.63. The van der Waals surface area contributed by atoms with Crippen LogP contribution in [0.4, 0.5) is 11.5 Å². The average molecular weight is 283 g/mol. The number of anilines is 2. The summed E-state index contributed by atoms with van der Waals surface area (Å²) in [7, 11) is 0. The van der Waals surface area contributed by atoms with Crippen molar-refractivity contribution in [3.05, 3.63) is 54.2 Å². The smallest absolute Gasteiger partial charge is 0.133 e. The Balaban J connectivity index is 2.23. The largest absolute Gasteiger partial charge is 0.327 e. The minimum Gasteiger partial charge on any atom is -0.327 e. The fourth-order valence-electron chi connectivity index (χ4n) is 2.41. The third kappa shape index (κ3) is 4.05. The van der Waals surface area contributed by atoms with Crippen molar-refractivity contribution in [2.24, 2.45) is 0 Å². The summed E-state index contributed by atoms with van der Waals surface area (Å²) in [5.41, 5.74) is 2.46. The molecule has 2 rings (SSSR count). The molecule has 0 bridgehead atoms. The lowest BCUT2D eigenvalue weighted by molar-refractivity contribution is 0.570. The first-order valence-corrected chi connectivity index (χ1v) is 7.78. The van der Waals surface area contributed by atoms with E-state index in [2.05, 4.69) is 72.4 Å². The summed E-state index contributed by atoms with van der Waals surface area (Å²) < 4.78 is 0. The van der Waals surface area contributed by atoms with Gasteiger partial charge in [-0.3, -0.25) is 0 Å². The van der Waals surface area contributed by atoms with Crippen molar-refractivity contribution in [2.45, 2.75) is 33.2 Å². The zero-order valence-electron chi connectivity index (χ0n) is 13.2. The molecular formula is C18H25N3. The second-order valence-electron chi connectivity index (χ2n) is 5.20. The molecule has 1 aromatic carbocycles. The average Bonchev–Trinajstić information content (AvgIpc) is 2.54. The first-order chi connectivity index (χ1) is 10.3. The number of rotatable bonds is 7. The first kappa shape index (κ1) is 15.5. The van der Waals surface area contributed by atoms with Gasteiger partial charge >= 0.3 is 0 Å². The molecule has 3 heteroatoms. The molecule has 3 nitrogen and oxygen atoms in total. The highest BCUT2D eigenvalue weighted by atomic mass is 15.2. The van der Waals surface area contributed by atoms with Crippen molar-refractivity contribution in [1.82, 2.24) is 10.3 Å². The Morgan fingerprint density at radius 1 is 1.14 bits per heavy atom. The van der Waals surface area contributed by atoms with E-state index >= 15 is 0 Å². The second-order valence-corrected chi connectivity index (χ2v) is 5.20. The van der Waals surface area contributed by atoms with E-state index in [-0.39, 0.29) is 0 Å². The minimum atomic E-state index is 0.348. The number of aromatic nitrogens is 1. The minimum absolute atomic E-state index is 0.348. The third-order valence-corrected chi connectivity index (χ3v) is 3.63. The van der Waals surface area contributed by atoms with E-state index in [9.17, 15) is 0 Å². The Hall–Kier alpha value is -1.87. The lowest BCUT2D eigenvalue weighted by atomic mass is 10.1. The van der Waals surface area contributed by atoms with Crippen molar-refractivity contribution >= 4 is 11.5 Å². The molecule has 0 fully saturated rings. The Morgan fingerprint density at radius 2 is 1.90 bits per heavy atom. The molecule has 0 saturated carbocycles. The maximum Gasteiger partial charge on any atom is 0.133 e. The number of nitrogens with one attached hydrogen (secondary N) is 1. The highest BCUT2D eigenvalue weighted by molar-refractivity contribution is 5.60. The van der Waals surface area contributed by atoms with Crippen LogP contribution in [0, 0.1) is 0 Å². The van der Waals surface area contributed by atoms with Crippen LogP contribution in [0.5, 0.6) is 0 Å². The molecule has 21 heavy (non-hydrogen) atoms. The molecule has 0 amide bonds. The van der Waals surface area contributed by atoms with Crippen molar-refractivity contribution in [1.29, 1.82) is 0 Å². The number of benzene rings is 1. The fraction of sp³-hybridized carbons (Fsp3) is 0.389. The van der Waals surface area contributed by atoms with Crippen LogP contribution in [-0.2, 0) is 0 Å². The topological polar surface area (TPSA) is 28.2 Å². The predicted octanol–water partition coefficient (Wildman–Crippen LogP) is 4.30. The van der Waals surface area contributed by atoms with Crippen molar-refractivity contribution in [3.8, 4) is 0 Å². The van der Waals surface area contributed by atoms with Gasteiger partial charge in [0.25, 0.3) is 0 Å². The van der Waals surface area contributed by atoms with E-state index in [0.717, 1.165) is 25.3 Å². The molecule has 0 aliphatic heterocycles. The Morgan fingerprint density at radius 3 is 2.57 bits per heavy atom. The Labute approximate surface area is 128 Å². The van der Waals surface area contributed by atoms with Gasteiger partial charge in [0.1, 0.15) is 5.82 Å². The van der Waals surface area contributed by atoms with E-state index in [1.807, 2.05) is 12.3 Å². The fourth-order valence-corrected chi connectivity index (χ4v) is 2.41. The highest BCUT2D eigenvalue weighted by Gasteiger charge is 2.11. The van der Waals surface area contributed by atoms with Gasteiger partial charge in [-0.05, 0) is 56.6 Å². The van der Waals surface area contributed by atoms with Crippen LogP contribution in [0.25, 0.3) is 0 Å². The van der Waals surface area contributed by atoms with Crippen molar-refractivity contribution < 1.29 is 0 Å². The van der Waals surface area contributed by atoms with Crippen LogP contribution in [0.2, 0.25) is 0 Å². The van der Waals surface area contributed by atoms with Gasteiger partial charge in [-0.25, -0.2) is 4.98 Å². The monoisotopic (exact) mass is 283 g/mol. The van der Waals surface area contributed by atoms with Gasteiger partial charge in [-0.1, -0.05) is 25.1 Å². The SMILES string of the molecule is CCCNC(C)c1ccnc(N(CC)c2ccccc2)c1. The normalized spacial score (nSPS) is 12.1. The van der Waals surface area contributed by atoms with Gasteiger partial charge < -0.3 is 10.2 Å². The number of hydrogen-bond acceptors (Lipinski definition) is 3. The Kier molecular flexibility index (Phi) is 5.76. The first-order valence-electron chi connectivity index (χ1n) is 7.78. The quantitative estimate of drug-likeness (QED) is 0.821. The molecule has 0 spiro atoms. The van der Waals surface area contributed by atoms with Gasteiger partial charge in [0.05, 0.1) is 0 Å². The highest BCUT2D eigenvalue weighted by Crippen LogP contribution is 2.25. The van der Waals surface area contributed by atoms with Crippen LogP contribution in [-0.4, -0.2) is 18.1 Å². The molecule has 2 aromatic rings. The van der Waals surface area contributed by atoms with Gasteiger partial charge in [0.15, 0.2) is 0 Å². The summed E-state index contributed by atoms with van der Waals surface area (Å²) in [6.07, 6.45) is 3.05. The molecule has 1 atom stereocenters. The maximum atomic E-state index is 4.55. The molecule has 0 radical (unpaired) electrons. The molecule has 1 aromatic heterocycles. The maximum absolute atomic E-state index is 4.55.